The molecule has 0 unspecified atom stereocenters. The van der Waals surface area contributed by atoms with Crippen LogP contribution in [0, 0.1) is 0 Å². The van der Waals surface area contributed by atoms with Gasteiger partial charge in [0, 0.05) is 43.7 Å². The van der Waals surface area contributed by atoms with E-state index in [1.165, 1.54) is 0 Å². The molecule has 166 valence electrons. The van der Waals surface area contributed by atoms with Gasteiger partial charge in [-0.25, -0.2) is 0 Å². The molecule has 2 aromatic carbocycles. The van der Waals surface area contributed by atoms with Gasteiger partial charge in [0.25, 0.3) is 0 Å². The summed E-state index contributed by atoms with van der Waals surface area (Å²) in [6, 6.07) is 19.5. The van der Waals surface area contributed by atoms with E-state index in [1.807, 2.05) is 65.5 Å². The van der Waals surface area contributed by atoms with Gasteiger partial charge in [0.2, 0.25) is 11.8 Å². The number of nitrogens with zero attached hydrogens (tertiary/aromatic N) is 4. The average Bonchev–Trinajstić information content (AvgIpc) is 3.28. The maximum Gasteiger partial charge on any atom is 0.243 e. The zero-order chi connectivity index (χ0) is 22.6. The molecule has 1 aliphatic rings. The molecule has 0 saturated carbocycles. The molecule has 2 aromatic heterocycles. The first-order valence-electron chi connectivity index (χ1n) is 11.2. The first-order valence-corrected chi connectivity index (χ1v) is 11.2. The minimum absolute atomic E-state index is 0.0280. The molecule has 2 amide bonds. The average molecular weight is 440 g/mol. The number of aryl methyl sites for hydroxylation is 1. The van der Waals surface area contributed by atoms with Crippen LogP contribution in [0.3, 0.4) is 0 Å². The highest BCUT2D eigenvalue weighted by Gasteiger charge is 2.32. The van der Waals surface area contributed by atoms with E-state index in [-0.39, 0.29) is 11.8 Å². The lowest BCUT2D eigenvalue weighted by Crippen LogP contribution is -2.58. The van der Waals surface area contributed by atoms with Gasteiger partial charge in [-0.15, -0.1) is 0 Å². The summed E-state index contributed by atoms with van der Waals surface area (Å²) >= 11 is 0. The van der Waals surface area contributed by atoms with Crippen LogP contribution in [0.2, 0.25) is 0 Å². The lowest BCUT2D eigenvalue weighted by Gasteiger charge is -2.35. The fourth-order valence-corrected chi connectivity index (χ4v) is 4.41. The molecule has 5 rings (SSSR count). The van der Waals surface area contributed by atoms with E-state index >= 15 is 0 Å². The number of aromatic nitrogens is 3. The van der Waals surface area contributed by atoms with Crippen LogP contribution in [-0.4, -0.2) is 50.6 Å². The number of rotatable bonds is 6. The first kappa shape index (κ1) is 20.9. The van der Waals surface area contributed by atoms with E-state index in [2.05, 4.69) is 21.5 Å². The van der Waals surface area contributed by atoms with E-state index in [4.69, 9.17) is 0 Å². The molecule has 3 heterocycles. The highest BCUT2D eigenvalue weighted by atomic mass is 16.2. The van der Waals surface area contributed by atoms with Crippen molar-refractivity contribution in [1.82, 2.24) is 25.0 Å². The van der Waals surface area contributed by atoms with Gasteiger partial charge in [-0.05, 0) is 34.9 Å². The molecule has 0 bridgehead atoms. The smallest absolute Gasteiger partial charge is 0.243 e. The number of piperazine rings is 1. The van der Waals surface area contributed by atoms with E-state index < -0.39 is 6.04 Å². The first-order chi connectivity index (χ1) is 16.2. The molecule has 0 spiro atoms. The van der Waals surface area contributed by atoms with Crippen molar-refractivity contribution in [3.05, 3.63) is 84.8 Å². The van der Waals surface area contributed by atoms with Crippen LogP contribution in [0.15, 0.2) is 79.3 Å². The number of fused-ring (bicyclic) bond motifs is 1. The van der Waals surface area contributed by atoms with Crippen molar-refractivity contribution in [2.75, 3.05) is 13.1 Å². The predicted molar refractivity (Wildman–Crippen MR) is 126 cm³/mol. The summed E-state index contributed by atoms with van der Waals surface area (Å²) in [4.78, 5) is 31.7. The zero-order valence-corrected chi connectivity index (χ0v) is 18.2. The SMILES string of the molecule is O=C1NCCN(C(=O)CCn2ncc3ccccc32)[C@@H]1Cc1cccc(-c2ccncc2)c1. The van der Waals surface area contributed by atoms with Crippen LogP contribution in [-0.2, 0) is 22.6 Å². The summed E-state index contributed by atoms with van der Waals surface area (Å²) in [5.74, 6) is -0.131. The Balaban J connectivity index is 1.31. The Hall–Kier alpha value is -4.00. The summed E-state index contributed by atoms with van der Waals surface area (Å²) < 4.78 is 1.85. The molecule has 1 aliphatic heterocycles. The third-order valence-corrected chi connectivity index (χ3v) is 6.11. The topological polar surface area (TPSA) is 80.1 Å². The predicted octanol–water partition coefficient (Wildman–Crippen LogP) is 3.06. The summed E-state index contributed by atoms with van der Waals surface area (Å²) in [5.41, 5.74) is 4.15. The van der Waals surface area contributed by atoms with Crippen molar-refractivity contribution >= 4 is 22.7 Å². The molecule has 0 aliphatic carbocycles. The fourth-order valence-electron chi connectivity index (χ4n) is 4.41. The second-order valence-electron chi connectivity index (χ2n) is 8.21. The molecular weight excluding hydrogens is 414 g/mol. The van der Waals surface area contributed by atoms with E-state index in [9.17, 15) is 9.59 Å². The van der Waals surface area contributed by atoms with Crippen molar-refractivity contribution in [3.8, 4) is 11.1 Å². The van der Waals surface area contributed by atoms with E-state index in [0.717, 1.165) is 27.6 Å². The molecular formula is C26H25N5O2. The number of carbonyl (C=O) groups excluding carboxylic acids is 2. The van der Waals surface area contributed by atoms with Crippen LogP contribution in [0.1, 0.15) is 12.0 Å². The number of nitrogens with one attached hydrogen (secondary N) is 1. The number of hydrogen-bond donors (Lipinski definition) is 1. The number of hydrogen-bond acceptors (Lipinski definition) is 4. The lowest BCUT2D eigenvalue weighted by atomic mass is 9.98. The normalized spacial score (nSPS) is 16.1. The third kappa shape index (κ3) is 4.48. The zero-order valence-electron chi connectivity index (χ0n) is 18.2. The molecule has 0 radical (unpaired) electrons. The van der Waals surface area contributed by atoms with Crippen molar-refractivity contribution in [2.24, 2.45) is 0 Å². The Labute approximate surface area is 192 Å². The molecule has 1 N–H and O–H groups in total. The lowest BCUT2D eigenvalue weighted by molar-refractivity contribution is -0.143. The Bertz CT molecular complexity index is 1280. The number of pyridine rings is 1. The van der Waals surface area contributed by atoms with Crippen LogP contribution < -0.4 is 5.32 Å². The number of para-hydroxylation sites is 1. The van der Waals surface area contributed by atoms with E-state index in [0.29, 0.717) is 32.5 Å². The van der Waals surface area contributed by atoms with Gasteiger partial charge < -0.3 is 10.2 Å². The molecule has 1 atom stereocenters. The number of amides is 2. The van der Waals surface area contributed by atoms with Gasteiger partial charge in [-0.3, -0.25) is 19.3 Å². The Morgan fingerprint density at radius 2 is 1.88 bits per heavy atom. The highest BCUT2D eigenvalue weighted by molar-refractivity contribution is 5.89. The molecule has 4 aromatic rings. The standard InChI is InChI=1S/C26H25N5O2/c32-25(10-14-31-23-7-2-1-5-22(23)18-29-31)30-15-13-28-26(33)24(30)17-19-4-3-6-21(16-19)20-8-11-27-12-9-20/h1-9,11-12,16,18,24H,10,13-15,17H2,(H,28,33)/t24-/m1/s1. The monoisotopic (exact) mass is 439 g/mol. The van der Waals surface area contributed by atoms with Crippen LogP contribution in [0.25, 0.3) is 22.0 Å². The Morgan fingerprint density at radius 1 is 1.03 bits per heavy atom. The van der Waals surface area contributed by atoms with Gasteiger partial charge in [0.05, 0.1) is 18.3 Å². The number of carbonyl (C=O) groups is 2. The second kappa shape index (κ2) is 9.24. The van der Waals surface area contributed by atoms with Crippen LogP contribution in [0.4, 0.5) is 0 Å². The van der Waals surface area contributed by atoms with Crippen molar-refractivity contribution in [3.63, 3.8) is 0 Å². The molecule has 1 fully saturated rings. The highest BCUT2D eigenvalue weighted by Crippen LogP contribution is 2.22. The Morgan fingerprint density at radius 3 is 2.76 bits per heavy atom. The summed E-state index contributed by atoms with van der Waals surface area (Å²) in [7, 11) is 0. The minimum atomic E-state index is -0.520. The van der Waals surface area contributed by atoms with Crippen LogP contribution in [0.5, 0.6) is 0 Å². The van der Waals surface area contributed by atoms with Gasteiger partial charge >= 0.3 is 0 Å². The van der Waals surface area contributed by atoms with Gasteiger partial charge in [0.15, 0.2) is 0 Å². The quantitative estimate of drug-likeness (QED) is 0.501. The largest absolute Gasteiger partial charge is 0.353 e. The summed E-state index contributed by atoms with van der Waals surface area (Å²) in [5, 5.41) is 8.38. The molecule has 1 saturated heterocycles. The van der Waals surface area contributed by atoms with Crippen molar-refractivity contribution < 1.29 is 9.59 Å². The fraction of sp³-hybridized carbons (Fsp3) is 0.231. The van der Waals surface area contributed by atoms with Gasteiger partial charge in [-0.2, -0.15) is 5.10 Å². The van der Waals surface area contributed by atoms with E-state index in [1.54, 1.807) is 17.3 Å². The molecule has 7 nitrogen and oxygen atoms in total. The molecule has 33 heavy (non-hydrogen) atoms. The number of benzene rings is 2. The van der Waals surface area contributed by atoms with Gasteiger partial charge in [0.1, 0.15) is 6.04 Å². The maximum absolute atomic E-state index is 13.2. The van der Waals surface area contributed by atoms with Crippen molar-refractivity contribution in [2.45, 2.75) is 25.4 Å². The van der Waals surface area contributed by atoms with Gasteiger partial charge in [-0.1, -0.05) is 42.5 Å². The third-order valence-electron chi connectivity index (χ3n) is 6.11. The summed E-state index contributed by atoms with van der Waals surface area (Å²) in [6.07, 6.45) is 6.11. The summed E-state index contributed by atoms with van der Waals surface area (Å²) in [6.45, 7) is 1.47. The minimum Gasteiger partial charge on any atom is -0.353 e. The maximum atomic E-state index is 13.2. The van der Waals surface area contributed by atoms with Crippen LogP contribution >= 0.6 is 0 Å². The second-order valence-corrected chi connectivity index (χ2v) is 8.21. The Kier molecular flexibility index (Phi) is 5.85. The molecule has 7 heteroatoms. The van der Waals surface area contributed by atoms with Crippen molar-refractivity contribution in [1.29, 1.82) is 0 Å².